The maximum Gasteiger partial charge on any atom is 0.294 e. The first kappa shape index (κ1) is 25.2. The molecule has 0 aliphatic rings. The molecule has 0 aromatic heterocycles. The first-order valence-electron chi connectivity index (χ1n) is 7.72. The Morgan fingerprint density at radius 3 is 1.04 bits per heavy atom. The summed E-state index contributed by atoms with van der Waals surface area (Å²) in [6, 6.07) is 12.0. The highest BCUT2D eigenvalue weighted by Crippen LogP contribution is 2.09. The van der Waals surface area contributed by atoms with Crippen molar-refractivity contribution in [1.29, 1.82) is 0 Å². The first-order valence-corrected chi connectivity index (χ1v) is 10.6. The molecular weight excluding hydrogens is 396 g/mol. The van der Waals surface area contributed by atoms with Crippen LogP contribution in [0.2, 0.25) is 0 Å². The van der Waals surface area contributed by atoms with E-state index in [0.717, 1.165) is 11.1 Å². The maximum absolute atomic E-state index is 10.5. The molecule has 0 saturated carbocycles. The van der Waals surface area contributed by atoms with E-state index in [4.69, 9.17) is 19.3 Å². The molecule has 0 heterocycles. The molecule has 0 radical (unpaired) electrons. The minimum Gasteiger partial charge on any atom is -0.396 e. The predicted molar refractivity (Wildman–Crippen MR) is 101 cm³/mol. The van der Waals surface area contributed by atoms with Crippen LogP contribution in [0.5, 0.6) is 0 Å². The second-order valence-electron chi connectivity index (χ2n) is 5.38. The number of hydrogen-bond acceptors (Lipinski definition) is 6. The van der Waals surface area contributed by atoms with Crippen LogP contribution in [-0.2, 0) is 20.2 Å². The Bertz CT molecular complexity index is 796. The van der Waals surface area contributed by atoms with E-state index in [1.165, 1.54) is 24.3 Å². The van der Waals surface area contributed by atoms with E-state index < -0.39 is 20.2 Å². The fourth-order valence-electron chi connectivity index (χ4n) is 1.49. The second-order valence-corrected chi connectivity index (χ2v) is 8.22. The third kappa shape index (κ3) is 11.5. The monoisotopic (exact) mass is 420 g/mol. The van der Waals surface area contributed by atoms with E-state index in [-0.39, 0.29) is 23.0 Å². The molecule has 0 bridgehead atoms. The van der Waals surface area contributed by atoms with Crippen molar-refractivity contribution in [2.75, 3.05) is 13.2 Å². The summed E-state index contributed by atoms with van der Waals surface area (Å²) in [5, 5.41) is 15.8. The van der Waals surface area contributed by atoms with Gasteiger partial charge in [0.25, 0.3) is 20.2 Å². The molecule has 0 aliphatic heterocycles. The molecule has 2 aromatic rings. The van der Waals surface area contributed by atoms with Crippen LogP contribution in [0.25, 0.3) is 0 Å². The summed E-state index contributed by atoms with van der Waals surface area (Å²) >= 11 is 0. The van der Waals surface area contributed by atoms with Crippen molar-refractivity contribution in [3.63, 3.8) is 0 Å². The zero-order valence-corrected chi connectivity index (χ0v) is 16.6. The molecule has 27 heavy (non-hydrogen) atoms. The second kappa shape index (κ2) is 11.8. The fourth-order valence-corrected chi connectivity index (χ4v) is 2.45. The highest BCUT2D eigenvalue weighted by atomic mass is 32.2. The summed E-state index contributed by atoms with van der Waals surface area (Å²) in [5.41, 5.74) is 1.91. The summed E-state index contributed by atoms with van der Waals surface area (Å²) in [6.45, 7) is 3.87. The van der Waals surface area contributed by atoms with Crippen molar-refractivity contribution in [3.05, 3.63) is 59.7 Å². The summed E-state index contributed by atoms with van der Waals surface area (Å²) in [6.07, 6.45) is 0.500. The Balaban J connectivity index is 0.000000405. The van der Waals surface area contributed by atoms with Crippen molar-refractivity contribution >= 4 is 20.2 Å². The highest BCUT2D eigenvalue weighted by Gasteiger charge is 2.07. The number of rotatable bonds is 4. The zero-order valence-electron chi connectivity index (χ0n) is 15.0. The molecule has 0 spiro atoms. The van der Waals surface area contributed by atoms with Crippen LogP contribution in [0.3, 0.4) is 0 Å². The molecular formula is C17H24O8S2. The summed E-state index contributed by atoms with van der Waals surface area (Å²) in [4.78, 5) is -0.133. The minimum absolute atomic E-state index is 0.0666. The topological polar surface area (TPSA) is 149 Å². The third-order valence-electron chi connectivity index (χ3n) is 2.95. The SMILES string of the molecule is Cc1ccc(S(=O)(=O)O)cc1.Cc1ccc(S(=O)(=O)O)cc1.OCCCO. The van der Waals surface area contributed by atoms with Gasteiger partial charge in [-0.15, -0.1) is 0 Å². The molecule has 0 amide bonds. The van der Waals surface area contributed by atoms with Crippen LogP contribution in [-0.4, -0.2) is 49.4 Å². The number of aryl methyl sites for hydroxylation is 2. The van der Waals surface area contributed by atoms with Gasteiger partial charge in [-0.25, -0.2) is 0 Å². The fraction of sp³-hybridized carbons (Fsp3) is 0.294. The Kier molecular flexibility index (Phi) is 11.0. The van der Waals surface area contributed by atoms with E-state index >= 15 is 0 Å². The Hall–Kier alpha value is -1.82. The van der Waals surface area contributed by atoms with Gasteiger partial charge in [0.1, 0.15) is 0 Å². The lowest BCUT2D eigenvalue weighted by Crippen LogP contribution is -1.96. The Morgan fingerprint density at radius 1 is 0.630 bits per heavy atom. The van der Waals surface area contributed by atoms with Crippen molar-refractivity contribution < 1.29 is 36.2 Å². The summed E-state index contributed by atoms with van der Waals surface area (Å²) in [7, 11) is -8.04. The van der Waals surface area contributed by atoms with Gasteiger partial charge in [-0.1, -0.05) is 35.4 Å². The Labute approximate surface area is 159 Å². The van der Waals surface area contributed by atoms with Gasteiger partial charge in [0.15, 0.2) is 0 Å². The van der Waals surface area contributed by atoms with Crippen molar-refractivity contribution in [1.82, 2.24) is 0 Å². The van der Waals surface area contributed by atoms with Gasteiger partial charge in [-0.2, -0.15) is 16.8 Å². The molecule has 2 aromatic carbocycles. The van der Waals surface area contributed by atoms with Gasteiger partial charge in [-0.3, -0.25) is 9.11 Å². The zero-order chi connectivity index (χ0) is 21.1. The number of aliphatic hydroxyl groups excluding tert-OH is 2. The van der Waals surface area contributed by atoms with Crippen LogP contribution < -0.4 is 0 Å². The smallest absolute Gasteiger partial charge is 0.294 e. The molecule has 10 heteroatoms. The number of aliphatic hydroxyl groups is 2. The molecule has 0 aliphatic carbocycles. The maximum atomic E-state index is 10.5. The minimum atomic E-state index is -4.02. The van der Waals surface area contributed by atoms with Gasteiger partial charge in [-0.05, 0) is 44.5 Å². The quantitative estimate of drug-likeness (QED) is 0.547. The van der Waals surface area contributed by atoms with E-state index in [0.29, 0.717) is 6.42 Å². The normalized spacial score (nSPS) is 10.9. The molecule has 0 atom stereocenters. The van der Waals surface area contributed by atoms with Gasteiger partial charge < -0.3 is 10.2 Å². The molecule has 2 rings (SSSR count). The average molecular weight is 421 g/mol. The van der Waals surface area contributed by atoms with E-state index in [9.17, 15) is 16.8 Å². The van der Waals surface area contributed by atoms with Crippen molar-refractivity contribution in [3.8, 4) is 0 Å². The third-order valence-corrected chi connectivity index (χ3v) is 4.69. The number of benzene rings is 2. The van der Waals surface area contributed by atoms with Crippen molar-refractivity contribution in [2.45, 2.75) is 30.1 Å². The molecule has 8 nitrogen and oxygen atoms in total. The van der Waals surface area contributed by atoms with E-state index in [1.54, 1.807) is 24.3 Å². The van der Waals surface area contributed by atoms with Crippen LogP contribution >= 0.6 is 0 Å². The van der Waals surface area contributed by atoms with E-state index in [2.05, 4.69) is 0 Å². The van der Waals surface area contributed by atoms with Gasteiger partial charge >= 0.3 is 0 Å². The largest absolute Gasteiger partial charge is 0.396 e. The lowest BCUT2D eigenvalue weighted by Gasteiger charge is -1.95. The summed E-state index contributed by atoms with van der Waals surface area (Å²) in [5.74, 6) is 0. The van der Waals surface area contributed by atoms with Gasteiger partial charge in [0, 0.05) is 13.2 Å². The molecule has 152 valence electrons. The van der Waals surface area contributed by atoms with Crippen LogP contribution in [0.1, 0.15) is 17.5 Å². The predicted octanol–water partition coefficient (Wildman–Crippen LogP) is 1.84. The summed E-state index contributed by atoms with van der Waals surface area (Å²) < 4.78 is 59.1. The lowest BCUT2D eigenvalue weighted by molar-refractivity contribution is 0.221. The molecule has 0 saturated heterocycles. The molecule has 4 N–H and O–H groups in total. The van der Waals surface area contributed by atoms with Crippen LogP contribution in [0.15, 0.2) is 58.3 Å². The van der Waals surface area contributed by atoms with Gasteiger partial charge in [0.2, 0.25) is 0 Å². The van der Waals surface area contributed by atoms with Gasteiger partial charge in [0.05, 0.1) is 9.79 Å². The molecule has 0 unspecified atom stereocenters. The highest BCUT2D eigenvalue weighted by molar-refractivity contribution is 7.86. The van der Waals surface area contributed by atoms with Crippen molar-refractivity contribution in [2.24, 2.45) is 0 Å². The standard InChI is InChI=1S/2C7H8O3S.C3H8O2/c2*1-6-2-4-7(5-3-6)11(8,9)10;4-2-1-3-5/h2*2-5H,1H3,(H,8,9,10);4-5H,1-3H2. The van der Waals surface area contributed by atoms with Crippen LogP contribution in [0.4, 0.5) is 0 Å². The van der Waals surface area contributed by atoms with E-state index in [1.807, 2.05) is 13.8 Å². The average Bonchev–Trinajstić information content (AvgIpc) is 2.56. The Morgan fingerprint density at radius 2 is 0.889 bits per heavy atom. The first-order chi connectivity index (χ1) is 12.4. The van der Waals surface area contributed by atoms with Crippen LogP contribution in [0, 0.1) is 13.8 Å². The molecule has 0 fully saturated rings. The lowest BCUT2D eigenvalue weighted by atomic mass is 10.2. The number of hydrogen-bond donors (Lipinski definition) is 4.